The van der Waals surface area contributed by atoms with Gasteiger partial charge in [-0.25, -0.2) is 0 Å². The van der Waals surface area contributed by atoms with Crippen molar-refractivity contribution in [2.24, 2.45) is 5.73 Å². The van der Waals surface area contributed by atoms with Crippen LogP contribution in [0.4, 0.5) is 0 Å². The Bertz CT molecular complexity index is 128. The molecule has 0 saturated carbocycles. The Morgan fingerprint density at radius 1 is 0.812 bits per heavy atom. The van der Waals surface area contributed by atoms with Gasteiger partial charge in [0.15, 0.2) is 0 Å². The predicted octanol–water partition coefficient (Wildman–Crippen LogP) is 3.62. The smallest absolute Gasteiger partial charge is 0.0582 e. The van der Waals surface area contributed by atoms with Gasteiger partial charge in [-0.15, -0.1) is 0 Å². The fourth-order valence-corrected chi connectivity index (χ4v) is 1.99. The maximum Gasteiger partial charge on any atom is 0.0582 e. The van der Waals surface area contributed by atoms with E-state index in [-0.39, 0.29) is 12.6 Å². The van der Waals surface area contributed by atoms with E-state index in [4.69, 9.17) is 10.8 Å². The zero-order valence-corrected chi connectivity index (χ0v) is 11.1. The molecule has 3 N–H and O–H groups in total. The molecule has 0 aliphatic heterocycles. The SMILES string of the molecule is CCCCCCCCCCCCC(N)CO. The summed E-state index contributed by atoms with van der Waals surface area (Å²) in [5, 5.41) is 8.75. The molecule has 1 unspecified atom stereocenters. The van der Waals surface area contributed by atoms with Gasteiger partial charge in [0.05, 0.1) is 6.61 Å². The van der Waals surface area contributed by atoms with E-state index < -0.39 is 0 Å². The molecule has 1 atom stereocenters. The molecule has 0 aromatic rings. The molecule has 0 aromatic heterocycles. The van der Waals surface area contributed by atoms with Gasteiger partial charge in [0.2, 0.25) is 0 Å². The van der Waals surface area contributed by atoms with Gasteiger partial charge in [0.1, 0.15) is 0 Å². The molecule has 16 heavy (non-hydrogen) atoms. The summed E-state index contributed by atoms with van der Waals surface area (Å²) in [5.74, 6) is 0. The number of rotatable bonds is 12. The van der Waals surface area contributed by atoms with Gasteiger partial charge in [-0.3, -0.25) is 0 Å². The number of hydrogen-bond donors (Lipinski definition) is 2. The Labute approximate surface area is 102 Å². The molecule has 0 aliphatic carbocycles. The number of aliphatic hydroxyl groups excluding tert-OH is 1. The van der Waals surface area contributed by atoms with Crippen molar-refractivity contribution in [2.45, 2.75) is 83.6 Å². The topological polar surface area (TPSA) is 46.2 Å². The average Bonchev–Trinajstić information content (AvgIpc) is 2.31. The van der Waals surface area contributed by atoms with Crippen LogP contribution in [0.2, 0.25) is 0 Å². The van der Waals surface area contributed by atoms with Crippen LogP contribution in [0.1, 0.15) is 77.6 Å². The summed E-state index contributed by atoms with van der Waals surface area (Å²) >= 11 is 0. The molecular formula is C14H31NO. The standard InChI is InChI=1S/C14H31NO/c1-2-3-4-5-6-7-8-9-10-11-12-14(15)13-16/h14,16H,2-13,15H2,1H3. The largest absolute Gasteiger partial charge is 0.395 e. The first kappa shape index (κ1) is 15.9. The lowest BCUT2D eigenvalue weighted by Gasteiger charge is -2.07. The third-order valence-electron chi connectivity index (χ3n) is 3.16. The number of aliphatic hydroxyl groups is 1. The van der Waals surface area contributed by atoms with Crippen LogP contribution >= 0.6 is 0 Å². The summed E-state index contributed by atoms with van der Waals surface area (Å²) in [6, 6.07) is 0.00837. The van der Waals surface area contributed by atoms with E-state index in [1.165, 1.54) is 64.2 Å². The third-order valence-corrected chi connectivity index (χ3v) is 3.16. The predicted molar refractivity (Wildman–Crippen MR) is 71.5 cm³/mol. The van der Waals surface area contributed by atoms with Crippen molar-refractivity contribution < 1.29 is 5.11 Å². The minimum absolute atomic E-state index is 0.00837. The quantitative estimate of drug-likeness (QED) is 0.502. The molecular weight excluding hydrogens is 198 g/mol. The zero-order chi connectivity index (χ0) is 12.1. The van der Waals surface area contributed by atoms with E-state index >= 15 is 0 Å². The van der Waals surface area contributed by atoms with Crippen LogP contribution in [0.25, 0.3) is 0 Å². The summed E-state index contributed by atoms with van der Waals surface area (Å²) in [7, 11) is 0. The van der Waals surface area contributed by atoms with E-state index in [1.54, 1.807) is 0 Å². The lowest BCUT2D eigenvalue weighted by Crippen LogP contribution is -2.23. The van der Waals surface area contributed by atoms with Crippen molar-refractivity contribution in [3.8, 4) is 0 Å². The first-order valence-corrected chi connectivity index (χ1v) is 7.17. The molecule has 0 fully saturated rings. The van der Waals surface area contributed by atoms with Gasteiger partial charge < -0.3 is 10.8 Å². The molecule has 2 heteroatoms. The lowest BCUT2D eigenvalue weighted by atomic mass is 10.0. The molecule has 0 saturated heterocycles. The van der Waals surface area contributed by atoms with E-state index in [0.29, 0.717) is 0 Å². The maximum absolute atomic E-state index is 8.75. The van der Waals surface area contributed by atoms with E-state index in [2.05, 4.69) is 6.92 Å². The van der Waals surface area contributed by atoms with Gasteiger partial charge in [0.25, 0.3) is 0 Å². The minimum Gasteiger partial charge on any atom is -0.395 e. The summed E-state index contributed by atoms with van der Waals surface area (Å²) in [4.78, 5) is 0. The molecule has 0 rings (SSSR count). The second-order valence-corrected chi connectivity index (χ2v) is 4.91. The van der Waals surface area contributed by atoms with Crippen molar-refractivity contribution in [2.75, 3.05) is 6.61 Å². The normalized spacial score (nSPS) is 12.9. The van der Waals surface area contributed by atoms with E-state index in [0.717, 1.165) is 6.42 Å². The monoisotopic (exact) mass is 229 g/mol. The first-order chi connectivity index (χ1) is 7.81. The van der Waals surface area contributed by atoms with Gasteiger partial charge in [-0.1, -0.05) is 71.1 Å². The summed E-state index contributed by atoms with van der Waals surface area (Å²) in [6.07, 6.45) is 14.5. The Balaban J connectivity index is 2.93. The highest BCUT2D eigenvalue weighted by atomic mass is 16.3. The highest BCUT2D eigenvalue weighted by molar-refractivity contribution is 4.58. The van der Waals surface area contributed by atoms with Crippen LogP contribution in [-0.2, 0) is 0 Å². The van der Waals surface area contributed by atoms with Gasteiger partial charge in [-0.05, 0) is 6.42 Å². The van der Waals surface area contributed by atoms with Crippen molar-refractivity contribution in [1.29, 1.82) is 0 Å². The van der Waals surface area contributed by atoms with Gasteiger partial charge >= 0.3 is 0 Å². The molecule has 0 aromatic carbocycles. The fraction of sp³-hybridized carbons (Fsp3) is 1.00. The Hall–Kier alpha value is -0.0800. The van der Waals surface area contributed by atoms with Crippen LogP contribution in [-0.4, -0.2) is 17.8 Å². The van der Waals surface area contributed by atoms with Crippen molar-refractivity contribution >= 4 is 0 Å². The summed E-state index contributed by atoms with van der Waals surface area (Å²) in [5.41, 5.74) is 5.63. The second-order valence-electron chi connectivity index (χ2n) is 4.91. The van der Waals surface area contributed by atoms with Gasteiger partial charge in [-0.2, -0.15) is 0 Å². The van der Waals surface area contributed by atoms with Gasteiger partial charge in [0, 0.05) is 6.04 Å². The van der Waals surface area contributed by atoms with E-state index in [1.807, 2.05) is 0 Å². The summed E-state index contributed by atoms with van der Waals surface area (Å²) in [6.45, 7) is 2.40. The maximum atomic E-state index is 8.75. The number of nitrogens with two attached hydrogens (primary N) is 1. The van der Waals surface area contributed by atoms with Crippen LogP contribution in [0.3, 0.4) is 0 Å². The second kappa shape index (κ2) is 13.0. The molecule has 0 bridgehead atoms. The van der Waals surface area contributed by atoms with Crippen LogP contribution in [0, 0.1) is 0 Å². The average molecular weight is 229 g/mol. The Kier molecular flexibility index (Phi) is 12.9. The molecule has 0 spiro atoms. The molecule has 98 valence electrons. The van der Waals surface area contributed by atoms with Crippen LogP contribution in [0.5, 0.6) is 0 Å². The van der Waals surface area contributed by atoms with Crippen molar-refractivity contribution in [3.63, 3.8) is 0 Å². The Morgan fingerprint density at radius 3 is 1.69 bits per heavy atom. The zero-order valence-electron chi connectivity index (χ0n) is 11.1. The molecule has 0 radical (unpaired) electrons. The minimum atomic E-state index is 0.00837. The highest BCUT2D eigenvalue weighted by Crippen LogP contribution is 2.11. The van der Waals surface area contributed by atoms with E-state index in [9.17, 15) is 0 Å². The fourth-order valence-electron chi connectivity index (χ4n) is 1.99. The Morgan fingerprint density at radius 2 is 1.25 bits per heavy atom. The highest BCUT2D eigenvalue weighted by Gasteiger charge is 1.99. The lowest BCUT2D eigenvalue weighted by molar-refractivity contribution is 0.257. The number of hydrogen-bond acceptors (Lipinski definition) is 2. The van der Waals surface area contributed by atoms with Crippen LogP contribution < -0.4 is 5.73 Å². The van der Waals surface area contributed by atoms with Crippen molar-refractivity contribution in [1.82, 2.24) is 0 Å². The molecule has 0 amide bonds. The van der Waals surface area contributed by atoms with Crippen molar-refractivity contribution in [3.05, 3.63) is 0 Å². The molecule has 2 nitrogen and oxygen atoms in total. The number of unbranched alkanes of at least 4 members (excludes halogenated alkanes) is 9. The first-order valence-electron chi connectivity index (χ1n) is 7.17. The molecule has 0 heterocycles. The summed E-state index contributed by atoms with van der Waals surface area (Å²) < 4.78 is 0. The van der Waals surface area contributed by atoms with Crippen LogP contribution in [0.15, 0.2) is 0 Å². The molecule has 0 aliphatic rings. The third kappa shape index (κ3) is 12.0.